The number of nitrogens with one attached hydrogen (secondary N) is 1. The minimum atomic E-state index is -0.277. The molecule has 3 aliphatic rings. The topological polar surface area (TPSA) is 75.7 Å². The number of nitrogens with zero attached hydrogens (tertiary/aromatic N) is 1. The molecule has 2 aliphatic carbocycles. The molecule has 0 radical (unpaired) electrons. The van der Waals surface area contributed by atoms with E-state index in [0.29, 0.717) is 17.1 Å². The lowest BCUT2D eigenvalue weighted by atomic mass is 9.85. The second-order valence-corrected chi connectivity index (χ2v) is 8.16. The predicted molar refractivity (Wildman–Crippen MR) is 117 cm³/mol. The number of carbonyl (C=O) groups is 3. The van der Waals surface area contributed by atoms with E-state index in [-0.39, 0.29) is 41.4 Å². The van der Waals surface area contributed by atoms with E-state index in [4.69, 9.17) is 4.74 Å². The van der Waals surface area contributed by atoms with Crippen LogP contribution in [0.15, 0.2) is 66.8 Å². The van der Waals surface area contributed by atoms with Crippen molar-refractivity contribution in [2.45, 2.75) is 6.42 Å². The van der Waals surface area contributed by atoms with Crippen molar-refractivity contribution in [3.63, 3.8) is 0 Å². The van der Waals surface area contributed by atoms with E-state index in [1.165, 1.54) is 11.0 Å². The zero-order chi connectivity index (χ0) is 21.5. The van der Waals surface area contributed by atoms with Crippen molar-refractivity contribution < 1.29 is 19.1 Å². The van der Waals surface area contributed by atoms with E-state index in [1.807, 2.05) is 6.07 Å². The zero-order valence-corrected chi connectivity index (χ0v) is 17.0. The summed E-state index contributed by atoms with van der Waals surface area (Å²) in [4.78, 5) is 39.6. The first-order valence-corrected chi connectivity index (χ1v) is 10.3. The smallest absolute Gasteiger partial charge is 0.248 e. The van der Waals surface area contributed by atoms with Crippen LogP contribution in [0.4, 0.5) is 11.4 Å². The summed E-state index contributed by atoms with van der Waals surface area (Å²) >= 11 is 0. The van der Waals surface area contributed by atoms with E-state index in [1.54, 1.807) is 55.7 Å². The van der Waals surface area contributed by atoms with Gasteiger partial charge in [0.25, 0.3) is 0 Å². The van der Waals surface area contributed by atoms with Gasteiger partial charge in [-0.2, -0.15) is 0 Å². The molecule has 5 rings (SSSR count). The summed E-state index contributed by atoms with van der Waals surface area (Å²) in [7, 11) is 1.58. The molecule has 6 heteroatoms. The molecule has 1 aliphatic heterocycles. The first-order chi connectivity index (χ1) is 15.0. The number of ether oxygens (including phenoxy) is 1. The maximum Gasteiger partial charge on any atom is 0.248 e. The highest BCUT2D eigenvalue weighted by molar-refractivity contribution is 6.22. The summed E-state index contributed by atoms with van der Waals surface area (Å²) in [6, 6.07) is 14.2. The lowest BCUT2D eigenvalue weighted by Crippen LogP contribution is -2.32. The summed E-state index contributed by atoms with van der Waals surface area (Å²) < 4.78 is 5.11. The van der Waals surface area contributed by atoms with Crippen LogP contribution < -0.4 is 15.0 Å². The van der Waals surface area contributed by atoms with Gasteiger partial charge in [-0.3, -0.25) is 14.4 Å². The molecule has 3 amide bonds. The highest BCUT2D eigenvalue weighted by Gasteiger charge is 2.59. The Bertz CT molecular complexity index is 1090. The molecule has 31 heavy (non-hydrogen) atoms. The molecule has 1 N–H and O–H groups in total. The number of methoxy groups -OCH3 is 1. The van der Waals surface area contributed by atoms with Gasteiger partial charge in [0.2, 0.25) is 17.7 Å². The van der Waals surface area contributed by atoms with Gasteiger partial charge in [0.15, 0.2) is 0 Å². The lowest BCUT2D eigenvalue weighted by molar-refractivity contribution is -0.123. The molecule has 1 saturated carbocycles. The Hall–Kier alpha value is -3.67. The molecule has 6 nitrogen and oxygen atoms in total. The molecule has 2 fully saturated rings. The monoisotopic (exact) mass is 414 g/mol. The summed E-state index contributed by atoms with van der Waals surface area (Å²) in [6.45, 7) is 0. The second-order valence-electron chi connectivity index (χ2n) is 8.16. The van der Waals surface area contributed by atoms with Crippen molar-refractivity contribution in [3.05, 3.63) is 72.3 Å². The average Bonchev–Trinajstić information content (AvgIpc) is 3.47. The number of hydrogen-bond donors (Lipinski definition) is 1. The van der Waals surface area contributed by atoms with E-state index >= 15 is 0 Å². The average molecular weight is 414 g/mol. The van der Waals surface area contributed by atoms with Gasteiger partial charge in [-0.05, 0) is 66.3 Å². The third-order valence-corrected chi connectivity index (χ3v) is 6.38. The van der Waals surface area contributed by atoms with Crippen LogP contribution in [0.25, 0.3) is 6.08 Å². The molecule has 0 spiro atoms. The molecule has 4 atom stereocenters. The van der Waals surface area contributed by atoms with E-state index in [0.717, 1.165) is 12.0 Å². The number of rotatable bonds is 5. The van der Waals surface area contributed by atoms with Gasteiger partial charge in [0.05, 0.1) is 24.6 Å². The zero-order valence-electron chi connectivity index (χ0n) is 17.0. The molecule has 1 heterocycles. The highest BCUT2D eigenvalue weighted by Crippen LogP contribution is 2.53. The van der Waals surface area contributed by atoms with Crippen LogP contribution in [0.5, 0.6) is 5.75 Å². The Morgan fingerprint density at radius 1 is 1.03 bits per heavy atom. The second kappa shape index (κ2) is 7.54. The van der Waals surface area contributed by atoms with Crippen LogP contribution in [-0.4, -0.2) is 24.8 Å². The summed E-state index contributed by atoms with van der Waals surface area (Å²) in [5.74, 6) is 0.136. The minimum Gasteiger partial charge on any atom is -0.497 e. The largest absolute Gasteiger partial charge is 0.497 e. The predicted octanol–water partition coefficient (Wildman–Crippen LogP) is 3.66. The Morgan fingerprint density at radius 3 is 2.35 bits per heavy atom. The third kappa shape index (κ3) is 3.34. The Kier molecular flexibility index (Phi) is 4.70. The van der Waals surface area contributed by atoms with Gasteiger partial charge in [-0.1, -0.05) is 24.3 Å². The normalized spacial score (nSPS) is 26.0. The molecule has 2 aromatic rings. The molecule has 1 saturated heterocycles. The van der Waals surface area contributed by atoms with Gasteiger partial charge in [-0.25, -0.2) is 4.90 Å². The number of benzene rings is 2. The molecule has 0 unspecified atom stereocenters. The van der Waals surface area contributed by atoms with E-state index in [2.05, 4.69) is 17.5 Å². The van der Waals surface area contributed by atoms with Crippen molar-refractivity contribution in [2.75, 3.05) is 17.3 Å². The molecule has 0 aromatic heterocycles. The number of imide groups is 1. The van der Waals surface area contributed by atoms with Crippen LogP contribution in [0.3, 0.4) is 0 Å². The van der Waals surface area contributed by atoms with E-state index in [9.17, 15) is 14.4 Å². The van der Waals surface area contributed by atoms with Gasteiger partial charge >= 0.3 is 0 Å². The fraction of sp³-hybridized carbons (Fsp3) is 0.240. The number of anilines is 2. The molecular weight excluding hydrogens is 392 g/mol. The summed E-state index contributed by atoms with van der Waals surface area (Å²) in [5, 5.41) is 2.78. The lowest BCUT2D eigenvalue weighted by Gasteiger charge is -2.17. The van der Waals surface area contributed by atoms with Crippen molar-refractivity contribution in [1.82, 2.24) is 0 Å². The quantitative estimate of drug-likeness (QED) is 0.460. The Labute approximate surface area is 180 Å². The van der Waals surface area contributed by atoms with Crippen molar-refractivity contribution in [3.8, 4) is 5.75 Å². The number of fused-ring (bicyclic) bond motifs is 5. The van der Waals surface area contributed by atoms with Crippen LogP contribution >= 0.6 is 0 Å². The summed E-state index contributed by atoms with van der Waals surface area (Å²) in [5.41, 5.74) is 1.95. The van der Waals surface area contributed by atoms with Crippen molar-refractivity contribution in [1.29, 1.82) is 0 Å². The number of carbonyl (C=O) groups excluding carboxylic acids is 3. The fourth-order valence-corrected chi connectivity index (χ4v) is 4.95. The molecule has 2 aromatic carbocycles. The van der Waals surface area contributed by atoms with Crippen LogP contribution in [0, 0.1) is 23.7 Å². The molecule has 156 valence electrons. The van der Waals surface area contributed by atoms with Gasteiger partial charge < -0.3 is 10.1 Å². The first kappa shape index (κ1) is 19.3. The van der Waals surface area contributed by atoms with E-state index < -0.39 is 0 Å². The fourth-order valence-electron chi connectivity index (χ4n) is 4.95. The SMILES string of the molecule is COc1ccc(NC(=O)/C=C/c2cccc(N3C(=O)[C@@H]4[C@H](C3=O)[C@H]3C=C[C@H]4C3)c2)cc1. The van der Waals surface area contributed by atoms with Crippen LogP contribution in [0.2, 0.25) is 0 Å². The van der Waals surface area contributed by atoms with Gasteiger partial charge in [-0.15, -0.1) is 0 Å². The van der Waals surface area contributed by atoms with Gasteiger partial charge in [0.1, 0.15) is 5.75 Å². The number of hydrogen-bond acceptors (Lipinski definition) is 4. The third-order valence-electron chi connectivity index (χ3n) is 6.38. The Balaban J connectivity index is 1.30. The number of amides is 3. The minimum absolute atomic E-state index is 0.106. The maximum absolute atomic E-state index is 13.0. The molecular formula is C25H22N2O4. The summed E-state index contributed by atoms with van der Waals surface area (Å²) in [6.07, 6.45) is 8.17. The highest BCUT2D eigenvalue weighted by atomic mass is 16.5. The Morgan fingerprint density at radius 2 is 1.71 bits per heavy atom. The van der Waals surface area contributed by atoms with Crippen molar-refractivity contribution in [2.24, 2.45) is 23.7 Å². The first-order valence-electron chi connectivity index (χ1n) is 10.3. The van der Waals surface area contributed by atoms with Gasteiger partial charge in [0, 0.05) is 11.8 Å². The standard InChI is InChI=1S/C25H22N2O4/c1-31-20-10-8-18(9-11-20)26-21(28)12-5-15-3-2-4-19(13-15)27-24(29)22-16-6-7-17(14-16)23(22)25(27)30/h2-13,16-17,22-23H,14H2,1H3,(H,26,28)/b12-5+/t16-,17-,22-,23+/m0/s1. The van der Waals surface area contributed by atoms with Crippen molar-refractivity contribution >= 4 is 35.2 Å². The number of allylic oxidation sites excluding steroid dienone is 2. The van der Waals surface area contributed by atoms with Crippen LogP contribution in [-0.2, 0) is 14.4 Å². The van der Waals surface area contributed by atoms with Crippen LogP contribution in [0.1, 0.15) is 12.0 Å². The molecule has 2 bridgehead atoms. The maximum atomic E-state index is 13.0.